The Morgan fingerprint density at radius 3 is 2.72 bits per heavy atom. The number of carbonyl (C=O) groups is 1. The molecule has 1 aromatic carbocycles. The van der Waals surface area contributed by atoms with Crippen molar-refractivity contribution in [2.75, 3.05) is 19.7 Å². The van der Waals surface area contributed by atoms with E-state index in [9.17, 15) is 9.18 Å². The molecule has 2 aliphatic heterocycles. The number of thiophene rings is 1. The molecular weight excluding hydrogens is 337 g/mol. The summed E-state index contributed by atoms with van der Waals surface area (Å²) in [4.78, 5) is 15.9. The summed E-state index contributed by atoms with van der Waals surface area (Å²) in [5, 5.41) is 2.15. The molecule has 1 spiro atoms. The Morgan fingerprint density at radius 2 is 1.96 bits per heavy atom. The van der Waals surface area contributed by atoms with E-state index in [0.29, 0.717) is 12.8 Å². The van der Waals surface area contributed by atoms with E-state index >= 15 is 0 Å². The van der Waals surface area contributed by atoms with Gasteiger partial charge in [0.25, 0.3) is 0 Å². The van der Waals surface area contributed by atoms with E-state index in [4.69, 9.17) is 4.74 Å². The predicted molar refractivity (Wildman–Crippen MR) is 96.2 cm³/mol. The Labute approximate surface area is 151 Å². The molecule has 132 valence electrons. The van der Waals surface area contributed by atoms with Gasteiger partial charge in [-0.3, -0.25) is 4.79 Å². The lowest BCUT2D eigenvalue weighted by Gasteiger charge is -2.44. The molecule has 3 heterocycles. The maximum Gasteiger partial charge on any atom is 0.222 e. The van der Waals surface area contributed by atoms with Crippen LogP contribution in [0.15, 0.2) is 35.7 Å². The molecule has 2 aromatic rings. The van der Waals surface area contributed by atoms with Gasteiger partial charge in [-0.1, -0.05) is 12.1 Å². The third-order valence-corrected chi connectivity index (χ3v) is 6.39. The summed E-state index contributed by atoms with van der Waals surface area (Å²) in [5.41, 5.74) is 2.17. The summed E-state index contributed by atoms with van der Waals surface area (Å²) < 4.78 is 19.1. The van der Waals surface area contributed by atoms with Crippen molar-refractivity contribution < 1.29 is 13.9 Å². The fraction of sp³-hybridized carbons (Fsp3) is 0.450. The third kappa shape index (κ3) is 3.35. The van der Waals surface area contributed by atoms with Gasteiger partial charge in [-0.15, -0.1) is 11.3 Å². The second-order valence-corrected chi connectivity index (χ2v) is 7.86. The second-order valence-electron chi connectivity index (χ2n) is 6.86. The average molecular weight is 359 g/mol. The van der Waals surface area contributed by atoms with Gasteiger partial charge in [-0.05, 0) is 54.0 Å². The number of aryl methyl sites for hydroxylation is 1. The van der Waals surface area contributed by atoms with E-state index in [-0.39, 0.29) is 17.3 Å². The van der Waals surface area contributed by atoms with Crippen molar-refractivity contribution in [1.82, 2.24) is 4.90 Å². The van der Waals surface area contributed by atoms with Crippen LogP contribution in [0, 0.1) is 5.82 Å². The van der Waals surface area contributed by atoms with Crippen LogP contribution in [-0.2, 0) is 28.0 Å². The Kier molecular flexibility index (Phi) is 4.61. The first-order chi connectivity index (χ1) is 12.2. The van der Waals surface area contributed by atoms with Gasteiger partial charge >= 0.3 is 0 Å². The molecule has 1 amide bonds. The van der Waals surface area contributed by atoms with Crippen molar-refractivity contribution >= 4 is 17.2 Å². The van der Waals surface area contributed by atoms with Crippen molar-refractivity contribution in [3.05, 3.63) is 57.5 Å². The normalized spacial score (nSPS) is 19.0. The standard InChI is InChI=1S/C20H22FNO2S/c21-16-4-1-15(2-5-16)3-6-19(23)22-11-9-20(10-12-22)17-8-14-25-18(17)7-13-24-20/h1-2,4-5,8,14H,3,6-7,9-13H2. The molecule has 0 atom stereocenters. The van der Waals surface area contributed by atoms with E-state index in [0.717, 1.165) is 44.5 Å². The number of hydrogen-bond donors (Lipinski definition) is 0. The second kappa shape index (κ2) is 6.89. The number of nitrogens with zero attached hydrogens (tertiary/aromatic N) is 1. The van der Waals surface area contributed by atoms with Crippen molar-refractivity contribution in [1.29, 1.82) is 0 Å². The molecule has 1 saturated heterocycles. The van der Waals surface area contributed by atoms with Crippen molar-refractivity contribution in [2.45, 2.75) is 37.7 Å². The van der Waals surface area contributed by atoms with Crippen LogP contribution in [-0.4, -0.2) is 30.5 Å². The number of rotatable bonds is 3. The lowest BCUT2D eigenvalue weighted by atomic mass is 9.82. The van der Waals surface area contributed by atoms with Gasteiger partial charge in [0.2, 0.25) is 5.91 Å². The number of carbonyl (C=O) groups excluding carboxylic acids is 1. The van der Waals surface area contributed by atoms with Gasteiger partial charge in [0.1, 0.15) is 5.82 Å². The van der Waals surface area contributed by atoms with Gasteiger partial charge in [-0.25, -0.2) is 4.39 Å². The monoisotopic (exact) mass is 359 g/mol. The minimum absolute atomic E-state index is 0.179. The van der Waals surface area contributed by atoms with Gasteiger partial charge in [0.05, 0.1) is 12.2 Å². The van der Waals surface area contributed by atoms with Gasteiger partial charge in [0, 0.05) is 30.8 Å². The number of amides is 1. The molecule has 0 aliphatic carbocycles. The summed E-state index contributed by atoms with van der Waals surface area (Å²) in [6.07, 6.45) is 3.89. The van der Waals surface area contributed by atoms with Gasteiger partial charge in [0.15, 0.2) is 0 Å². The SMILES string of the molecule is O=C(CCc1ccc(F)cc1)N1CCC2(CC1)OCCc1sccc12. The first kappa shape index (κ1) is 16.7. The van der Waals surface area contributed by atoms with E-state index in [2.05, 4.69) is 11.4 Å². The molecule has 25 heavy (non-hydrogen) atoms. The van der Waals surface area contributed by atoms with Gasteiger partial charge < -0.3 is 9.64 Å². The lowest BCUT2D eigenvalue weighted by Crippen LogP contribution is -2.48. The molecule has 0 N–H and O–H groups in total. The molecular formula is C20H22FNO2S. The maximum atomic E-state index is 12.9. The maximum absolute atomic E-state index is 12.9. The number of halogens is 1. The van der Waals surface area contributed by atoms with E-state index in [1.165, 1.54) is 22.6 Å². The minimum Gasteiger partial charge on any atom is -0.370 e. The molecule has 0 unspecified atom stereocenters. The molecule has 0 bridgehead atoms. The van der Waals surface area contributed by atoms with E-state index < -0.39 is 0 Å². The minimum atomic E-state index is -0.239. The van der Waals surface area contributed by atoms with Crippen LogP contribution in [0.1, 0.15) is 35.3 Å². The Hall–Kier alpha value is -1.72. The highest BCUT2D eigenvalue weighted by molar-refractivity contribution is 7.10. The summed E-state index contributed by atoms with van der Waals surface area (Å²) in [6, 6.07) is 8.60. The van der Waals surface area contributed by atoms with Crippen molar-refractivity contribution in [3.63, 3.8) is 0 Å². The third-order valence-electron chi connectivity index (χ3n) is 5.41. The largest absolute Gasteiger partial charge is 0.370 e. The molecule has 5 heteroatoms. The quantitative estimate of drug-likeness (QED) is 0.832. The number of hydrogen-bond acceptors (Lipinski definition) is 3. The van der Waals surface area contributed by atoms with Crippen LogP contribution >= 0.6 is 11.3 Å². The van der Waals surface area contributed by atoms with E-state index in [1.54, 1.807) is 12.1 Å². The topological polar surface area (TPSA) is 29.5 Å². The zero-order valence-electron chi connectivity index (χ0n) is 14.2. The predicted octanol–water partition coefficient (Wildman–Crippen LogP) is 3.91. The average Bonchev–Trinajstić information content (AvgIpc) is 3.12. The summed E-state index contributed by atoms with van der Waals surface area (Å²) in [6.45, 7) is 2.28. The smallest absolute Gasteiger partial charge is 0.222 e. The van der Waals surface area contributed by atoms with E-state index in [1.807, 2.05) is 16.2 Å². The molecule has 4 rings (SSSR count). The Bertz CT molecular complexity index is 747. The molecule has 2 aliphatic rings. The fourth-order valence-electron chi connectivity index (χ4n) is 3.95. The number of likely N-dealkylation sites (tertiary alicyclic amines) is 1. The first-order valence-electron chi connectivity index (χ1n) is 8.89. The molecule has 3 nitrogen and oxygen atoms in total. The first-order valence-corrected chi connectivity index (χ1v) is 9.77. The van der Waals surface area contributed by atoms with Gasteiger partial charge in [-0.2, -0.15) is 0 Å². The highest BCUT2D eigenvalue weighted by Gasteiger charge is 2.41. The van der Waals surface area contributed by atoms with Crippen LogP contribution < -0.4 is 0 Å². The zero-order valence-corrected chi connectivity index (χ0v) is 15.0. The number of benzene rings is 1. The molecule has 0 radical (unpaired) electrons. The number of piperidine rings is 1. The molecule has 1 aromatic heterocycles. The highest BCUT2D eigenvalue weighted by Crippen LogP contribution is 2.43. The number of ether oxygens (including phenoxy) is 1. The van der Waals surface area contributed by atoms with Crippen LogP contribution in [0.25, 0.3) is 0 Å². The summed E-state index contributed by atoms with van der Waals surface area (Å²) in [7, 11) is 0. The summed E-state index contributed by atoms with van der Waals surface area (Å²) in [5.74, 6) is -0.0581. The van der Waals surface area contributed by atoms with Crippen LogP contribution in [0.3, 0.4) is 0 Å². The van der Waals surface area contributed by atoms with Crippen molar-refractivity contribution in [2.24, 2.45) is 0 Å². The Balaban J connectivity index is 1.34. The Morgan fingerprint density at radius 1 is 1.20 bits per heavy atom. The zero-order chi connectivity index (χ0) is 17.3. The van der Waals surface area contributed by atoms with Crippen LogP contribution in [0.2, 0.25) is 0 Å². The number of fused-ring (bicyclic) bond motifs is 2. The summed E-state index contributed by atoms with van der Waals surface area (Å²) >= 11 is 1.82. The van der Waals surface area contributed by atoms with Crippen LogP contribution in [0.5, 0.6) is 0 Å². The molecule has 1 fully saturated rings. The van der Waals surface area contributed by atoms with Crippen molar-refractivity contribution in [3.8, 4) is 0 Å². The lowest BCUT2D eigenvalue weighted by molar-refractivity contribution is -0.140. The van der Waals surface area contributed by atoms with Crippen LogP contribution in [0.4, 0.5) is 4.39 Å². The molecule has 0 saturated carbocycles. The fourth-order valence-corrected chi connectivity index (χ4v) is 4.90. The highest BCUT2D eigenvalue weighted by atomic mass is 32.1.